The summed E-state index contributed by atoms with van der Waals surface area (Å²) in [6.45, 7) is 9.17. The van der Waals surface area contributed by atoms with Gasteiger partial charge in [0.1, 0.15) is 0 Å². The zero-order valence-corrected chi connectivity index (χ0v) is 20.0. The zero-order valence-electron chi connectivity index (χ0n) is 19.1. The van der Waals surface area contributed by atoms with Crippen LogP contribution < -0.4 is 10.6 Å². The Morgan fingerprint density at radius 1 is 1.03 bits per heavy atom. The van der Waals surface area contributed by atoms with E-state index >= 15 is 0 Å². The summed E-state index contributed by atoms with van der Waals surface area (Å²) < 4.78 is 27.5. The number of nitrogens with one attached hydrogen (secondary N) is 2. The largest absolute Gasteiger partial charge is 0.352 e. The summed E-state index contributed by atoms with van der Waals surface area (Å²) in [5.41, 5.74) is 3.71. The van der Waals surface area contributed by atoms with Crippen LogP contribution in [0.1, 0.15) is 39.9 Å². The van der Waals surface area contributed by atoms with E-state index in [1.807, 2.05) is 26.0 Å². The van der Waals surface area contributed by atoms with Crippen molar-refractivity contribution in [3.63, 3.8) is 0 Å². The standard InChI is InChI=1S/C25H31N3O4S/c1-4-24(29)26-16-20-9-11-28(12-10-20)33(31,32)23-7-5-22(6-8-23)25(30)27-17-21-14-18(2)13-19(3)15-21/h4-8,13-15,20H,1,9-12,16-17H2,2-3H3,(H,26,29)(H,27,30). The van der Waals surface area contributed by atoms with Gasteiger partial charge in [-0.3, -0.25) is 9.59 Å². The highest BCUT2D eigenvalue weighted by Gasteiger charge is 2.29. The molecule has 0 bridgehead atoms. The third-order valence-electron chi connectivity index (χ3n) is 5.81. The molecule has 1 aliphatic heterocycles. The second-order valence-electron chi connectivity index (χ2n) is 8.50. The number of aryl methyl sites for hydroxylation is 2. The van der Waals surface area contributed by atoms with E-state index in [0.29, 0.717) is 44.6 Å². The van der Waals surface area contributed by atoms with E-state index in [-0.39, 0.29) is 22.6 Å². The van der Waals surface area contributed by atoms with Crippen LogP contribution in [0.3, 0.4) is 0 Å². The van der Waals surface area contributed by atoms with Crippen LogP contribution >= 0.6 is 0 Å². The topological polar surface area (TPSA) is 95.6 Å². The predicted molar refractivity (Wildman–Crippen MR) is 128 cm³/mol. The van der Waals surface area contributed by atoms with Crippen LogP contribution in [-0.4, -0.2) is 44.2 Å². The molecule has 2 aromatic rings. The summed E-state index contributed by atoms with van der Waals surface area (Å²) in [4.78, 5) is 24.0. The van der Waals surface area contributed by atoms with Crippen molar-refractivity contribution in [3.05, 3.63) is 77.4 Å². The summed E-state index contributed by atoms with van der Waals surface area (Å²) in [6.07, 6.45) is 2.58. The lowest BCUT2D eigenvalue weighted by molar-refractivity contribution is -0.116. The summed E-state index contributed by atoms with van der Waals surface area (Å²) >= 11 is 0. The van der Waals surface area contributed by atoms with E-state index in [0.717, 1.165) is 16.7 Å². The minimum atomic E-state index is -3.63. The Bertz CT molecular complexity index is 1100. The van der Waals surface area contributed by atoms with Crippen LogP contribution in [0.2, 0.25) is 0 Å². The smallest absolute Gasteiger partial charge is 0.251 e. The summed E-state index contributed by atoms with van der Waals surface area (Å²) in [7, 11) is -3.63. The molecule has 1 heterocycles. The molecule has 2 N–H and O–H groups in total. The number of hydrogen-bond donors (Lipinski definition) is 2. The maximum absolute atomic E-state index is 13.0. The monoisotopic (exact) mass is 469 g/mol. The molecular weight excluding hydrogens is 438 g/mol. The molecule has 1 fully saturated rings. The van der Waals surface area contributed by atoms with Crippen LogP contribution in [0.15, 0.2) is 60.0 Å². The first-order valence-electron chi connectivity index (χ1n) is 11.0. The number of nitrogens with zero attached hydrogens (tertiary/aromatic N) is 1. The van der Waals surface area contributed by atoms with Gasteiger partial charge in [0.25, 0.3) is 5.91 Å². The van der Waals surface area contributed by atoms with Crippen LogP contribution in [0, 0.1) is 19.8 Å². The normalized spacial score (nSPS) is 15.1. The minimum Gasteiger partial charge on any atom is -0.352 e. The fourth-order valence-corrected chi connectivity index (χ4v) is 5.52. The van der Waals surface area contributed by atoms with Gasteiger partial charge in [0.15, 0.2) is 0 Å². The van der Waals surface area contributed by atoms with Gasteiger partial charge in [0.05, 0.1) is 4.90 Å². The number of benzene rings is 2. The maximum Gasteiger partial charge on any atom is 0.251 e. The summed E-state index contributed by atoms with van der Waals surface area (Å²) in [5, 5.41) is 5.65. The Morgan fingerprint density at radius 2 is 1.64 bits per heavy atom. The number of sulfonamides is 1. The highest BCUT2D eigenvalue weighted by atomic mass is 32.2. The third-order valence-corrected chi connectivity index (χ3v) is 7.73. The second kappa shape index (κ2) is 10.8. The van der Waals surface area contributed by atoms with Gasteiger partial charge in [-0.25, -0.2) is 8.42 Å². The van der Waals surface area contributed by atoms with Crippen molar-refractivity contribution in [2.75, 3.05) is 19.6 Å². The second-order valence-corrected chi connectivity index (χ2v) is 10.4. The van der Waals surface area contributed by atoms with Crippen LogP contribution in [0.25, 0.3) is 0 Å². The van der Waals surface area contributed by atoms with Crippen molar-refractivity contribution >= 4 is 21.8 Å². The molecule has 33 heavy (non-hydrogen) atoms. The minimum absolute atomic E-state index is 0.173. The van der Waals surface area contributed by atoms with Gasteiger partial charge in [0, 0.05) is 31.7 Å². The lowest BCUT2D eigenvalue weighted by atomic mass is 9.98. The van der Waals surface area contributed by atoms with E-state index in [9.17, 15) is 18.0 Å². The lowest BCUT2D eigenvalue weighted by Gasteiger charge is -2.31. The van der Waals surface area contributed by atoms with Gasteiger partial charge in [-0.15, -0.1) is 0 Å². The maximum atomic E-state index is 13.0. The van der Waals surface area contributed by atoms with Crippen LogP contribution in [0.5, 0.6) is 0 Å². The molecule has 0 unspecified atom stereocenters. The molecule has 1 saturated heterocycles. The van der Waals surface area contributed by atoms with Crippen LogP contribution in [-0.2, 0) is 21.4 Å². The average Bonchev–Trinajstić information content (AvgIpc) is 2.80. The molecule has 2 amide bonds. The molecule has 2 aromatic carbocycles. The summed E-state index contributed by atoms with van der Waals surface area (Å²) in [6, 6.07) is 12.2. The quantitative estimate of drug-likeness (QED) is 0.581. The fourth-order valence-electron chi connectivity index (χ4n) is 4.05. The highest BCUT2D eigenvalue weighted by molar-refractivity contribution is 7.89. The Kier molecular flexibility index (Phi) is 8.05. The van der Waals surface area contributed by atoms with Gasteiger partial charge in [-0.2, -0.15) is 4.31 Å². The fraction of sp³-hybridized carbons (Fsp3) is 0.360. The summed E-state index contributed by atoms with van der Waals surface area (Å²) in [5.74, 6) is -0.229. The van der Waals surface area contributed by atoms with E-state index in [1.165, 1.54) is 22.5 Å². The van der Waals surface area contributed by atoms with Crippen molar-refractivity contribution in [2.45, 2.75) is 38.1 Å². The van der Waals surface area contributed by atoms with Crippen molar-refractivity contribution in [2.24, 2.45) is 5.92 Å². The zero-order chi connectivity index (χ0) is 24.0. The Balaban J connectivity index is 1.56. The SMILES string of the molecule is C=CC(=O)NCC1CCN(S(=O)(=O)c2ccc(C(=O)NCc3cc(C)cc(C)c3)cc2)CC1. The molecule has 0 aromatic heterocycles. The number of carbonyl (C=O) groups excluding carboxylic acids is 2. The molecule has 0 atom stereocenters. The number of amides is 2. The van der Waals surface area contributed by atoms with Gasteiger partial charge < -0.3 is 10.6 Å². The van der Waals surface area contributed by atoms with Crippen LogP contribution in [0.4, 0.5) is 0 Å². The van der Waals surface area contributed by atoms with Gasteiger partial charge >= 0.3 is 0 Å². The first-order chi connectivity index (χ1) is 15.7. The Morgan fingerprint density at radius 3 is 2.21 bits per heavy atom. The lowest BCUT2D eigenvalue weighted by Crippen LogP contribution is -2.41. The average molecular weight is 470 g/mol. The van der Waals surface area contributed by atoms with Crippen molar-refractivity contribution in [3.8, 4) is 0 Å². The van der Waals surface area contributed by atoms with E-state index in [1.54, 1.807) is 12.1 Å². The van der Waals surface area contributed by atoms with Gasteiger partial charge in [-0.05, 0) is 68.5 Å². The molecule has 176 valence electrons. The number of piperidine rings is 1. The van der Waals surface area contributed by atoms with Crippen molar-refractivity contribution in [1.29, 1.82) is 0 Å². The molecular formula is C25H31N3O4S. The van der Waals surface area contributed by atoms with Crippen molar-refractivity contribution < 1.29 is 18.0 Å². The molecule has 8 heteroatoms. The number of carbonyl (C=O) groups is 2. The first kappa shape index (κ1) is 24.7. The molecule has 0 radical (unpaired) electrons. The molecule has 1 aliphatic rings. The molecule has 7 nitrogen and oxygen atoms in total. The molecule has 0 spiro atoms. The molecule has 3 rings (SSSR count). The van der Waals surface area contributed by atoms with Gasteiger partial charge in [0.2, 0.25) is 15.9 Å². The molecule has 0 saturated carbocycles. The Hall–Kier alpha value is -2.97. The molecule has 0 aliphatic carbocycles. The first-order valence-corrected chi connectivity index (χ1v) is 12.5. The van der Waals surface area contributed by atoms with Gasteiger partial charge in [-0.1, -0.05) is 35.9 Å². The predicted octanol–water partition coefficient (Wildman–Crippen LogP) is 2.94. The highest BCUT2D eigenvalue weighted by Crippen LogP contribution is 2.24. The third kappa shape index (κ3) is 6.52. The van der Waals surface area contributed by atoms with E-state index < -0.39 is 10.0 Å². The van der Waals surface area contributed by atoms with E-state index in [4.69, 9.17) is 0 Å². The number of hydrogen-bond acceptors (Lipinski definition) is 4. The Labute approximate surface area is 195 Å². The van der Waals surface area contributed by atoms with Crippen molar-refractivity contribution in [1.82, 2.24) is 14.9 Å². The number of rotatable bonds is 8. The van der Waals surface area contributed by atoms with E-state index in [2.05, 4.69) is 23.3 Å².